The van der Waals surface area contributed by atoms with Crippen molar-refractivity contribution in [3.8, 4) is 0 Å². The van der Waals surface area contributed by atoms with Crippen molar-refractivity contribution in [2.45, 2.75) is 3.79 Å². The van der Waals surface area contributed by atoms with Gasteiger partial charge in [0.2, 0.25) is 15.7 Å². The Hall–Kier alpha value is -1.19. The van der Waals surface area contributed by atoms with Gasteiger partial charge in [-0.25, -0.2) is 5.43 Å². The third-order valence-electron chi connectivity index (χ3n) is 3.56. The summed E-state index contributed by atoms with van der Waals surface area (Å²) < 4.78 is -1.74. The van der Waals surface area contributed by atoms with Crippen LogP contribution in [-0.4, -0.2) is 59.3 Å². The molecule has 0 unspecified atom stereocenters. The monoisotopic (exact) mass is 419 g/mol. The van der Waals surface area contributed by atoms with Crippen molar-refractivity contribution in [2.75, 3.05) is 43.6 Å². The molecule has 0 atom stereocenters. The number of alkyl halides is 3. The van der Waals surface area contributed by atoms with E-state index in [0.29, 0.717) is 5.95 Å². The number of aromatic nitrogens is 3. The summed E-state index contributed by atoms with van der Waals surface area (Å²) in [5.74, 6) is 0.770. The molecule has 1 saturated heterocycles. The van der Waals surface area contributed by atoms with Crippen LogP contribution in [-0.2, 0) is 3.79 Å². The maximum Gasteiger partial charge on any atom is 0.250 e. The Morgan fingerprint density at radius 2 is 1.96 bits per heavy atom. The van der Waals surface area contributed by atoms with Crippen LogP contribution < -0.4 is 10.3 Å². The second-order valence-electron chi connectivity index (χ2n) is 5.46. The van der Waals surface area contributed by atoms with E-state index in [1.165, 1.54) is 0 Å². The van der Waals surface area contributed by atoms with Crippen molar-refractivity contribution in [1.29, 1.82) is 0 Å². The molecule has 2 aromatic rings. The minimum Gasteiger partial charge on any atom is -0.338 e. The zero-order valence-electron chi connectivity index (χ0n) is 13.4. The average molecular weight is 421 g/mol. The van der Waals surface area contributed by atoms with Gasteiger partial charge in [0, 0.05) is 31.1 Å². The number of anilines is 2. The highest BCUT2D eigenvalue weighted by molar-refractivity contribution is 7.11. The molecule has 0 aromatic carbocycles. The molecule has 2 aromatic heterocycles. The van der Waals surface area contributed by atoms with Crippen LogP contribution in [0.25, 0.3) is 0 Å². The summed E-state index contributed by atoms with van der Waals surface area (Å²) in [6.45, 7) is 3.40. The molecule has 1 aliphatic rings. The molecule has 3 rings (SSSR count). The molecule has 134 valence electrons. The molecule has 1 aliphatic heterocycles. The second-order valence-corrected chi connectivity index (χ2v) is 8.72. The summed E-state index contributed by atoms with van der Waals surface area (Å²) in [5.41, 5.74) is 2.78. The second kappa shape index (κ2) is 8.01. The summed E-state index contributed by atoms with van der Waals surface area (Å²) in [6, 6.07) is 3.90. The maximum atomic E-state index is 5.97. The number of piperazine rings is 1. The van der Waals surface area contributed by atoms with Gasteiger partial charge in [-0.3, -0.25) is 0 Å². The SMILES string of the molecule is CN1CCN(c2nc(N/N=C/c3cccs3)nc(C(Cl)(Cl)Cl)n2)CC1. The van der Waals surface area contributed by atoms with Crippen molar-refractivity contribution in [2.24, 2.45) is 5.10 Å². The van der Waals surface area contributed by atoms with Crippen LogP contribution in [0.2, 0.25) is 0 Å². The van der Waals surface area contributed by atoms with Crippen LogP contribution in [0.4, 0.5) is 11.9 Å². The van der Waals surface area contributed by atoms with Gasteiger partial charge in [0.25, 0.3) is 0 Å². The van der Waals surface area contributed by atoms with E-state index in [1.54, 1.807) is 17.6 Å². The van der Waals surface area contributed by atoms with Gasteiger partial charge in [0.1, 0.15) is 0 Å². The van der Waals surface area contributed by atoms with Gasteiger partial charge in [0.05, 0.1) is 6.21 Å². The van der Waals surface area contributed by atoms with E-state index in [2.05, 4.69) is 37.4 Å². The molecule has 1 N–H and O–H groups in total. The van der Waals surface area contributed by atoms with E-state index >= 15 is 0 Å². The number of hydrogen-bond donors (Lipinski definition) is 1. The minimum absolute atomic E-state index is 0.0650. The fourth-order valence-corrected chi connectivity index (χ4v) is 3.05. The van der Waals surface area contributed by atoms with Gasteiger partial charge >= 0.3 is 0 Å². The quantitative estimate of drug-likeness (QED) is 0.466. The van der Waals surface area contributed by atoms with Gasteiger partial charge in [-0.1, -0.05) is 40.9 Å². The summed E-state index contributed by atoms with van der Waals surface area (Å²) in [4.78, 5) is 18.1. The average Bonchev–Trinajstić information content (AvgIpc) is 3.08. The molecule has 0 amide bonds. The van der Waals surface area contributed by atoms with Crippen molar-refractivity contribution >= 4 is 64.3 Å². The van der Waals surface area contributed by atoms with Crippen LogP contribution >= 0.6 is 46.1 Å². The van der Waals surface area contributed by atoms with E-state index in [-0.39, 0.29) is 11.8 Å². The van der Waals surface area contributed by atoms with E-state index in [1.807, 2.05) is 22.4 Å². The predicted molar refractivity (Wildman–Crippen MR) is 104 cm³/mol. The Morgan fingerprint density at radius 1 is 1.20 bits per heavy atom. The first-order valence-electron chi connectivity index (χ1n) is 7.51. The van der Waals surface area contributed by atoms with Crippen molar-refractivity contribution in [3.63, 3.8) is 0 Å². The maximum absolute atomic E-state index is 5.97. The van der Waals surface area contributed by atoms with Crippen molar-refractivity contribution < 1.29 is 0 Å². The summed E-state index contributed by atoms with van der Waals surface area (Å²) >= 11 is 19.5. The van der Waals surface area contributed by atoms with Gasteiger partial charge in [0.15, 0.2) is 5.82 Å². The number of hydrazone groups is 1. The first-order chi connectivity index (χ1) is 11.9. The fourth-order valence-electron chi connectivity index (χ4n) is 2.21. The van der Waals surface area contributed by atoms with E-state index in [0.717, 1.165) is 31.1 Å². The Balaban J connectivity index is 1.82. The minimum atomic E-state index is -1.74. The highest BCUT2D eigenvalue weighted by atomic mass is 35.6. The largest absolute Gasteiger partial charge is 0.338 e. The van der Waals surface area contributed by atoms with E-state index in [9.17, 15) is 0 Å². The topological polar surface area (TPSA) is 69.5 Å². The summed E-state index contributed by atoms with van der Waals surface area (Å²) in [7, 11) is 2.07. The first kappa shape index (κ1) is 18.6. The molecule has 0 saturated carbocycles. The molecular formula is C14H16Cl3N7S. The van der Waals surface area contributed by atoms with Gasteiger partial charge in [-0.15, -0.1) is 11.3 Å². The molecule has 3 heterocycles. The molecule has 25 heavy (non-hydrogen) atoms. The van der Waals surface area contributed by atoms with Crippen LogP contribution in [0, 0.1) is 0 Å². The molecule has 0 aliphatic carbocycles. The Kier molecular flexibility index (Phi) is 5.96. The third kappa shape index (κ3) is 5.15. The molecule has 1 fully saturated rings. The third-order valence-corrected chi connectivity index (χ3v) is 4.88. The first-order valence-corrected chi connectivity index (χ1v) is 9.52. The number of hydrogen-bond acceptors (Lipinski definition) is 8. The Morgan fingerprint density at radius 3 is 2.60 bits per heavy atom. The lowest BCUT2D eigenvalue weighted by Gasteiger charge is -2.32. The number of nitrogens with one attached hydrogen (secondary N) is 1. The van der Waals surface area contributed by atoms with Crippen LogP contribution in [0.1, 0.15) is 10.7 Å². The number of nitrogens with zero attached hydrogens (tertiary/aromatic N) is 6. The molecule has 7 nitrogen and oxygen atoms in total. The zero-order valence-corrected chi connectivity index (χ0v) is 16.4. The standard InChI is InChI=1S/C14H16Cl3N7S/c1-23-4-6-24(7-5-23)13-20-11(14(15,16)17)19-12(21-13)22-18-9-10-3-2-8-25-10/h2-3,8-9H,4-7H2,1H3,(H,19,20,21,22)/b18-9+. The molecular weight excluding hydrogens is 405 g/mol. The van der Waals surface area contributed by atoms with Gasteiger partial charge in [-0.2, -0.15) is 20.1 Å². The summed E-state index contributed by atoms with van der Waals surface area (Å²) in [5, 5.41) is 6.10. The normalized spacial score (nSPS) is 16.6. The zero-order chi connectivity index (χ0) is 17.9. The Labute approximate surface area is 164 Å². The van der Waals surface area contributed by atoms with Crippen LogP contribution in [0.15, 0.2) is 22.6 Å². The van der Waals surface area contributed by atoms with Gasteiger partial charge in [-0.05, 0) is 18.5 Å². The lowest BCUT2D eigenvalue weighted by molar-refractivity contribution is 0.311. The van der Waals surface area contributed by atoms with Crippen LogP contribution in [0.5, 0.6) is 0 Å². The lowest BCUT2D eigenvalue weighted by atomic mass is 10.3. The molecule has 11 heteroatoms. The lowest BCUT2D eigenvalue weighted by Crippen LogP contribution is -2.45. The van der Waals surface area contributed by atoms with Gasteiger partial charge < -0.3 is 9.80 Å². The molecule has 0 radical (unpaired) electrons. The van der Waals surface area contributed by atoms with Crippen molar-refractivity contribution in [3.05, 3.63) is 28.2 Å². The smallest absolute Gasteiger partial charge is 0.250 e. The van der Waals surface area contributed by atoms with E-state index < -0.39 is 3.79 Å². The molecule has 0 spiro atoms. The van der Waals surface area contributed by atoms with Crippen molar-refractivity contribution in [1.82, 2.24) is 19.9 Å². The number of rotatable bonds is 4. The highest BCUT2D eigenvalue weighted by Crippen LogP contribution is 2.36. The van der Waals surface area contributed by atoms with E-state index in [4.69, 9.17) is 34.8 Å². The predicted octanol–water partition coefficient (Wildman–Crippen LogP) is 2.96. The fraction of sp³-hybridized carbons (Fsp3) is 0.429. The number of thiophene rings is 1. The Bertz CT molecular complexity index is 725. The number of halogens is 3. The van der Waals surface area contributed by atoms with Crippen LogP contribution in [0.3, 0.4) is 0 Å². The highest BCUT2D eigenvalue weighted by Gasteiger charge is 2.29. The summed E-state index contributed by atoms with van der Waals surface area (Å²) in [6.07, 6.45) is 1.68. The molecule has 0 bridgehead atoms. The number of likely N-dealkylation sites (N-methyl/N-ethyl adjacent to an activating group) is 1.